The van der Waals surface area contributed by atoms with Crippen molar-refractivity contribution in [3.8, 4) is 5.75 Å². The average molecular weight is 342 g/mol. The summed E-state index contributed by atoms with van der Waals surface area (Å²) in [6.07, 6.45) is 1.71. The van der Waals surface area contributed by atoms with Gasteiger partial charge in [0.1, 0.15) is 11.3 Å². The number of pyridine rings is 1. The Morgan fingerprint density at radius 1 is 1.05 bits per heavy atom. The molecule has 1 heterocycles. The molecule has 0 spiro atoms. The highest BCUT2D eigenvalue weighted by Gasteiger charge is 2.08. The monoisotopic (exact) mass is 341 g/mol. The molecule has 3 aromatic rings. The lowest BCUT2D eigenvalue weighted by Crippen LogP contribution is -2.11. The van der Waals surface area contributed by atoms with Gasteiger partial charge in [0.25, 0.3) is 0 Å². The van der Waals surface area contributed by atoms with Crippen LogP contribution in [0.2, 0.25) is 0 Å². The van der Waals surface area contributed by atoms with Crippen LogP contribution in [0, 0.1) is 0 Å². The number of carbonyl (C=O) groups excluding carboxylic acids is 1. The Morgan fingerprint density at radius 3 is 2.62 bits per heavy atom. The minimum Gasteiger partial charge on any atom is -0.483 e. The van der Waals surface area contributed by atoms with Crippen molar-refractivity contribution in [2.75, 3.05) is 6.61 Å². The van der Waals surface area contributed by atoms with Gasteiger partial charge in [-0.1, -0.05) is 46.3 Å². The Labute approximate surface area is 130 Å². The largest absolute Gasteiger partial charge is 0.483 e. The third-order valence-electron chi connectivity index (χ3n) is 3.12. The van der Waals surface area contributed by atoms with Gasteiger partial charge in [0.2, 0.25) is 0 Å². The topological polar surface area (TPSA) is 39.2 Å². The van der Waals surface area contributed by atoms with Crippen molar-refractivity contribution in [2.45, 2.75) is 0 Å². The molecule has 0 fully saturated rings. The molecule has 0 aliphatic rings. The lowest BCUT2D eigenvalue weighted by molar-refractivity contribution is 0.0922. The molecule has 0 saturated carbocycles. The van der Waals surface area contributed by atoms with E-state index < -0.39 is 0 Å². The number of fused-ring (bicyclic) bond motifs is 1. The van der Waals surface area contributed by atoms with E-state index in [9.17, 15) is 4.79 Å². The quantitative estimate of drug-likeness (QED) is 0.665. The molecule has 1 aromatic heterocycles. The minimum absolute atomic E-state index is 0.00266. The Balaban J connectivity index is 1.77. The van der Waals surface area contributed by atoms with Crippen LogP contribution in [0.3, 0.4) is 0 Å². The van der Waals surface area contributed by atoms with Crippen LogP contribution in [-0.2, 0) is 0 Å². The van der Waals surface area contributed by atoms with Crippen molar-refractivity contribution in [1.82, 2.24) is 4.98 Å². The van der Waals surface area contributed by atoms with Crippen LogP contribution in [0.5, 0.6) is 5.75 Å². The van der Waals surface area contributed by atoms with Crippen LogP contribution in [0.1, 0.15) is 10.4 Å². The zero-order valence-electron chi connectivity index (χ0n) is 11.1. The number of aromatic nitrogens is 1. The number of rotatable bonds is 4. The van der Waals surface area contributed by atoms with E-state index >= 15 is 0 Å². The van der Waals surface area contributed by atoms with Crippen molar-refractivity contribution in [1.29, 1.82) is 0 Å². The molecule has 3 nitrogen and oxygen atoms in total. The number of hydrogen-bond donors (Lipinski definition) is 0. The second kappa shape index (κ2) is 6.06. The van der Waals surface area contributed by atoms with E-state index in [1.165, 1.54) is 0 Å². The highest BCUT2D eigenvalue weighted by Crippen LogP contribution is 2.23. The van der Waals surface area contributed by atoms with Gasteiger partial charge in [0.15, 0.2) is 12.4 Å². The van der Waals surface area contributed by atoms with Crippen LogP contribution in [0.15, 0.2) is 65.3 Å². The molecule has 0 saturated heterocycles. The van der Waals surface area contributed by atoms with Crippen LogP contribution < -0.4 is 4.74 Å². The first-order valence-electron chi connectivity index (χ1n) is 6.49. The predicted octanol–water partition coefficient (Wildman–Crippen LogP) is 4.26. The maximum atomic E-state index is 12.1. The first-order chi connectivity index (χ1) is 10.2. The molecule has 21 heavy (non-hydrogen) atoms. The molecular formula is C17H12BrNO2. The highest BCUT2D eigenvalue weighted by atomic mass is 79.9. The lowest BCUT2D eigenvalue weighted by Gasteiger charge is -2.08. The number of hydrogen-bond acceptors (Lipinski definition) is 3. The number of nitrogens with zero attached hydrogens (tertiary/aromatic N) is 1. The molecule has 4 heteroatoms. The molecule has 0 aliphatic carbocycles. The van der Waals surface area contributed by atoms with Crippen molar-refractivity contribution in [3.63, 3.8) is 0 Å². The van der Waals surface area contributed by atoms with Gasteiger partial charge < -0.3 is 4.74 Å². The number of Topliss-reactive ketones (excluding diaryl/α,β-unsaturated/α-hetero) is 1. The molecular weight excluding hydrogens is 330 g/mol. The summed E-state index contributed by atoms with van der Waals surface area (Å²) in [4.78, 5) is 16.4. The van der Waals surface area contributed by atoms with Gasteiger partial charge >= 0.3 is 0 Å². The first-order valence-corrected chi connectivity index (χ1v) is 7.28. The highest BCUT2D eigenvalue weighted by molar-refractivity contribution is 9.10. The van der Waals surface area contributed by atoms with Gasteiger partial charge in [-0.05, 0) is 24.3 Å². The first kappa shape index (κ1) is 13.8. The van der Waals surface area contributed by atoms with Crippen molar-refractivity contribution < 1.29 is 9.53 Å². The van der Waals surface area contributed by atoms with Crippen LogP contribution in [0.4, 0.5) is 0 Å². The van der Waals surface area contributed by atoms with Crippen molar-refractivity contribution in [2.24, 2.45) is 0 Å². The lowest BCUT2D eigenvalue weighted by atomic mass is 10.1. The summed E-state index contributed by atoms with van der Waals surface area (Å²) < 4.78 is 6.58. The summed E-state index contributed by atoms with van der Waals surface area (Å²) in [5, 5.41) is 0.992. The van der Waals surface area contributed by atoms with E-state index in [0.717, 1.165) is 15.4 Å². The standard InChI is InChI=1S/C17H12BrNO2/c18-14-8-6-12(7-9-14)15(20)11-21-16-5-1-3-13-4-2-10-19-17(13)16/h1-10H,11H2. The van der Waals surface area contributed by atoms with E-state index in [1.54, 1.807) is 18.3 Å². The van der Waals surface area contributed by atoms with Crippen LogP contribution in [-0.4, -0.2) is 17.4 Å². The van der Waals surface area contributed by atoms with E-state index in [2.05, 4.69) is 20.9 Å². The molecule has 104 valence electrons. The minimum atomic E-state index is -0.0598. The Morgan fingerprint density at radius 2 is 1.81 bits per heavy atom. The summed E-state index contributed by atoms with van der Waals surface area (Å²) in [6.45, 7) is -0.00266. The number of carbonyl (C=O) groups is 1. The van der Waals surface area contributed by atoms with Gasteiger partial charge in [-0.2, -0.15) is 0 Å². The fourth-order valence-electron chi connectivity index (χ4n) is 2.06. The fourth-order valence-corrected chi connectivity index (χ4v) is 2.32. The molecule has 0 aliphatic heterocycles. The van der Waals surface area contributed by atoms with Crippen LogP contribution >= 0.6 is 15.9 Å². The summed E-state index contributed by atoms with van der Waals surface area (Å²) >= 11 is 3.35. The Hall–Kier alpha value is -2.20. The normalized spacial score (nSPS) is 10.5. The van der Waals surface area contributed by atoms with E-state index in [0.29, 0.717) is 11.3 Å². The molecule has 0 bridgehead atoms. The van der Waals surface area contributed by atoms with Crippen LogP contribution in [0.25, 0.3) is 10.9 Å². The fraction of sp³-hybridized carbons (Fsp3) is 0.0588. The van der Waals surface area contributed by atoms with Crippen molar-refractivity contribution in [3.05, 3.63) is 70.8 Å². The van der Waals surface area contributed by atoms with Crippen molar-refractivity contribution >= 4 is 32.6 Å². The van der Waals surface area contributed by atoms with Gasteiger partial charge in [-0.15, -0.1) is 0 Å². The summed E-state index contributed by atoms with van der Waals surface area (Å²) in [6, 6.07) is 16.7. The van der Waals surface area contributed by atoms with E-state index in [-0.39, 0.29) is 12.4 Å². The van der Waals surface area contributed by atoms with E-state index in [4.69, 9.17) is 4.74 Å². The molecule has 3 rings (SSSR count). The third kappa shape index (κ3) is 3.11. The smallest absolute Gasteiger partial charge is 0.200 e. The number of ketones is 1. The van der Waals surface area contributed by atoms with Gasteiger partial charge in [-0.3, -0.25) is 9.78 Å². The maximum absolute atomic E-state index is 12.1. The second-order valence-corrected chi connectivity index (χ2v) is 5.47. The molecule has 2 aromatic carbocycles. The van der Waals surface area contributed by atoms with E-state index in [1.807, 2.05) is 42.5 Å². The summed E-state index contributed by atoms with van der Waals surface area (Å²) in [5.41, 5.74) is 1.40. The SMILES string of the molecule is O=C(COc1cccc2cccnc12)c1ccc(Br)cc1. The predicted molar refractivity (Wildman–Crippen MR) is 85.7 cm³/mol. The van der Waals surface area contributed by atoms with Gasteiger partial charge in [0.05, 0.1) is 0 Å². The molecule has 0 radical (unpaired) electrons. The molecule has 0 N–H and O–H groups in total. The molecule has 0 amide bonds. The Kier molecular flexibility index (Phi) is 3.97. The summed E-state index contributed by atoms with van der Waals surface area (Å²) in [5.74, 6) is 0.564. The summed E-state index contributed by atoms with van der Waals surface area (Å²) in [7, 11) is 0. The maximum Gasteiger partial charge on any atom is 0.200 e. The zero-order chi connectivity index (χ0) is 14.7. The Bertz CT molecular complexity index is 779. The second-order valence-electron chi connectivity index (χ2n) is 4.55. The molecule has 0 atom stereocenters. The molecule has 0 unspecified atom stereocenters. The number of benzene rings is 2. The zero-order valence-corrected chi connectivity index (χ0v) is 12.7. The van der Waals surface area contributed by atoms with Gasteiger partial charge in [0, 0.05) is 21.6 Å². The third-order valence-corrected chi connectivity index (χ3v) is 3.65. The number of ether oxygens (including phenoxy) is 1. The average Bonchev–Trinajstić information content (AvgIpc) is 2.53. The van der Waals surface area contributed by atoms with Gasteiger partial charge in [-0.25, -0.2) is 0 Å². The number of para-hydroxylation sites is 1. The number of halogens is 1.